The number of nitrogens with zero attached hydrogens (tertiary/aromatic N) is 1. The van der Waals surface area contributed by atoms with Gasteiger partial charge in [-0.3, -0.25) is 10.2 Å². The van der Waals surface area contributed by atoms with Gasteiger partial charge in [-0.2, -0.15) is 13.2 Å². The summed E-state index contributed by atoms with van der Waals surface area (Å²) in [4.78, 5) is 3.51. The predicted octanol–water partition coefficient (Wildman–Crippen LogP) is 4.01. The lowest BCUT2D eigenvalue weighted by atomic mass is 10.0. The molecule has 2 heterocycles. The number of rotatable bonds is 4. The third-order valence-electron chi connectivity index (χ3n) is 4.81. The van der Waals surface area contributed by atoms with E-state index in [0.29, 0.717) is 17.2 Å². The topological polar surface area (TPSA) is 27.3 Å². The minimum atomic E-state index is -4.33. The van der Waals surface area contributed by atoms with Crippen molar-refractivity contribution >= 4 is 17.5 Å². The Bertz CT molecular complexity index is 672. The lowest BCUT2D eigenvalue weighted by Crippen LogP contribution is -2.32. The fraction of sp³-hybridized carbons (Fsp3) is 0.556. The zero-order valence-electron chi connectivity index (χ0n) is 14.7. The summed E-state index contributed by atoms with van der Waals surface area (Å²) in [5, 5.41) is 6.50. The highest BCUT2D eigenvalue weighted by Gasteiger charge is 2.33. The van der Waals surface area contributed by atoms with Gasteiger partial charge < -0.3 is 5.32 Å². The molecule has 2 aliphatic rings. The van der Waals surface area contributed by atoms with E-state index in [1.807, 2.05) is 13.1 Å². The lowest BCUT2D eigenvalue weighted by molar-refractivity contribution is -0.137. The molecule has 3 nitrogen and oxygen atoms in total. The second-order valence-corrected chi connectivity index (χ2v) is 7.98. The Labute approximate surface area is 151 Å². The SMILES string of the molecule is CNC1NC(c2cc(C)cc(C(F)(F)F)c2)=C(CN2CCCC2C)S1. The van der Waals surface area contributed by atoms with E-state index < -0.39 is 11.7 Å². The van der Waals surface area contributed by atoms with Crippen molar-refractivity contribution in [1.82, 2.24) is 15.5 Å². The number of hydrogen-bond donors (Lipinski definition) is 2. The maximum absolute atomic E-state index is 13.2. The van der Waals surface area contributed by atoms with Crippen LogP contribution in [0.1, 0.15) is 36.5 Å². The molecule has 1 saturated heterocycles. The van der Waals surface area contributed by atoms with Gasteiger partial charge in [0.25, 0.3) is 0 Å². The Hall–Kier alpha value is -1.18. The highest BCUT2D eigenvalue weighted by molar-refractivity contribution is 8.04. The van der Waals surface area contributed by atoms with Crippen LogP contribution in [0.4, 0.5) is 13.2 Å². The molecule has 2 aliphatic heterocycles. The van der Waals surface area contributed by atoms with Crippen molar-refractivity contribution in [3.63, 3.8) is 0 Å². The number of thioether (sulfide) groups is 1. The molecule has 0 amide bonds. The maximum Gasteiger partial charge on any atom is 0.416 e. The van der Waals surface area contributed by atoms with Crippen molar-refractivity contribution < 1.29 is 13.2 Å². The van der Waals surface area contributed by atoms with Crippen LogP contribution >= 0.6 is 11.8 Å². The van der Waals surface area contributed by atoms with E-state index in [2.05, 4.69) is 22.5 Å². The monoisotopic (exact) mass is 371 g/mol. The molecule has 2 N–H and O–H groups in total. The van der Waals surface area contributed by atoms with Crippen LogP contribution in [0.25, 0.3) is 5.70 Å². The minimum Gasteiger partial charge on any atom is -0.360 e. The Kier molecular flexibility index (Phi) is 5.37. The normalized spacial score (nSPS) is 24.9. The molecule has 138 valence electrons. The molecule has 2 unspecified atom stereocenters. The molecule has 3 rings (SSSR count). The lowest BCUT2D eigenvalue weighted by Gasteiger charge is -2.22. The molecule has 1 aromatic rings. The Balaban J connectivity index is 1.96. The van der Waals surface area contributed by atoms with Crippen molar-refractivity contribution in [3.05, 3.63) is 39.8 Å². The van der Waals surface area contributed by atoms with Crippen LogP contribution in [0.3, 0.4) is 0 Å². The summed E-state index contributed by atoms with van der Waals surface area (Å²) < 4.78 is 39.6. The quantitative estimate of drug-likeness (QED) is 0.836. The highest BCUT2D eigenvalue weighted by atomic mass is 32.2. The van der Waals surface area contributed by atoms with Crippen LogP contribution in [-0.2, 0) is 6.18 Å². The standard InChI is InChI=1S/C18H24F3N3S/c1-11-7-13(9-14(8-11)18(19,20)21)16-15(25-17(22-3)23-16)10-24-6-4-5-12(24)2/h7-9,12,17,22-23H,4-6,10H2,1-3H3. The molecule has 2 atom stereocenters. The first-order valence-corrected chi connectivity index (χ1v) is 9.43. The van der Waals surface area contributed by atoms with E-state index in [9.17, 15) is 13.2 Å². The molecule has 0 radical (unpaired) electrons. The van der Waals surface area contributed by atoms with Crippen LogP contribution in [-0.4, -0.2) is 36.6 Å². The van der Waals surface area contributed by atoms with Crippen molar-refractivity contribution in [2.24, 2.45) is 0 Å². The third kappa shape index (κ3) is 4.15. The van der Waals surface area contributed by atoms with Gasteiger partial charge in [-0.15, -0.1) is 0 Å². The number of aryl methyl sites for hydroxylation is 1. The summed E-state index contributed by atoms with van der Waals surface area (Å²) in [6.07, 6.45) is -1.97. The van der Waals surface area contributed by atoms with Crippen LogP contribution in [0.5, 0.6) is 0 Å². The largest absolute Gasteiger partial charge is 0.416 e. The summed E-state index contributed by atoms with van der Waals surface area (Å²) in [6.45, 7) is 5.75. The average Bonchev–Trinajstić information content (AvgIpc) is 3.13. The molecule has 0 spiro atoms. The number of hydrogen-bond acceptors (Lipinski definition) is 4. The molecule has 0 aromatic heterocycles. The van der Waals surface area contributed by atoms with Crippen LogP contribution in [0.15, 0.2) is 23.1 Å². The van der Waals surface area contributed by atoms with E-state index in [4.69, 9.17) is 0 Å². The Morgan fingerprint density at radius 3 is 2.68 bits per heavy atom. The van der Waals surface area contributed by atoms with Gasteiger partial charge in [-0.05, 0) is 69.6 Å². The van der Waals surface area contributed by atoms with Gasteiger partial charge >= 0.3 is 6.18 Å². The summed E-state index contributed by atoms with van der Waals surface area (Å²) >= 11 is 1.66. The first kappa shape index (κ1) is 18.6. The van der Waals surface area contributed by atoms with Gasteiger partial charge in [0.15, 0.2) is 0 Å². The Morgan fingerprint density at radius 1 is 1.32 bits per heavy atom. The van der Waals surface area contributed by atoms with E-state index in [1.165, 1.54) is 25.0 Å². The first-order valence-electron chi connectivity index (χ1n) is 8.55. The van der Waals surface area contributed by atoms with Crippen LogP contribution < -0.4 is 10.6 Å². The van der Waals surface area contributed by atoms with Gasteiger partial charge in [-0.1, -0.05) is 11.8 Å². The molecule has 0 bridgehead atoms. The molecule has 7 heteroatoms. The van der Waals surface area contributed by atoms with Gasteiger partial charge in [0.1, 0.15) is 5.50 Å². The second-order valence-electron chi connectivity index (χ2n) is 6.78. The fourth-order valence-corrected chi connectivity index (χ4v) is 4.55. The molecule has 1 fully saturated rings. The van der Waals surface area contributed by atoms with Crippen molar-refractivity contribution in [2.75, 3.05) is 20.1 Å². The first-order chi connectivity index (χ1) is 11.8. The Morgan fingerprint density at radius 2 is 2.08 bits per heavy atom. The van der Waals surface area contributed by atoms with Gasteiger partial charge in [0, 0.05) is 17.5 Å². The summed E-state index contributed by atoms with van der Waals surface area (Å²) in [6, 6.07) is 4.79. The number of halogens is 3. The van der Waals surface area contributed by atoms with E-state index in [0.717, 1.165) is 23.7 Å². The average molecular weight is 371 g/mol. The zero-order chi connectivity index (χ0) is 18.2. The summed E-state index contributed by atoms with van der Waals surface area (Å²) in [7, 11) is 1.85. The number of likely N-dealkylation sites (tertiary alicyclic amines) is 1. The number of benzene rings is 1. The van der Waals surface area contributed by atoms with Gasteiger partial charge in [-0.25, -0.2) is 0 Å². The van der Waals surface area contributed by atoms with E-state index in [1.54, 1.807) is 18.7 Å². The molecule has 25 heavy (non-hydrogen) atoms. The smallest absolute Gasteiger partial charge is 0.360 e. The molecular formula is C18H24F3N3S. The minimum absolute atomic E-state index is 0.0160. The zero-order valence-corrected chi connectivity index (χ0v) is 15.5. The summed E-state index contributed by atoms with van der Waals surface area (Å²) in [5.74, 6) is 0. The van der Waals surface area contributed by atoms with Gasteiger partial charge in [0.2, 0.25) is 0 Å². The molecule has 0 saturated carbocycles. The van der Waals surface area contributed by atoms with Crippen LogP contribution in [0, 0.1) is 6.92 Å². The van der Waals surface area contributed by atoms with Crippen LogP contribution in [0.2, 0.25) is 0 Å². The number of alkyl halides is 3. The third-order valence-corrected chi connectivity index (χ3v) is 6.01. The van der Waals surface area contributed by atoms with Gasteiger partial charge in [0.05, 0.1) is 11.3 Å². The molecule has 1 aromatic carbocycles. The van der Waals surface area contributed by atoms with Crippen molar-refractivity contribution in [1.29, 1.82) is 0 Å². The highest BCUT2D eigenvalue weighted by Crippen LogP contribution is 2.38. The number of nitrogens with one attached hydrogen (secondary N) is 2. The van der Waals surface area contributed by atoms with Crippen molar-refractivity contribution in [2.45, 2.75) is 44.4 Å². The van der Waals surface area contributed by atoms with E-state index in [-0.39, 0.29) is 5.50 Å². The fourth-order valence-electron chi connectivity index (χ4n) is 3.44. The van der Waals surface area contributed by atoms with Crippen molar-refractivity contribution in [3.8, 4) is 0 Å². The maximum atomic E-state index is 13.2. The predicted molar refractivity (Wildman–Crippen MR) is 96.9 cm³/mol. The van der Waals surface area contributed by atoms with E-state index >= 15 is 0 Å². The molecule has 0 aliphatic carbocycles. The molecular weight excluding hydrogens is 347 g/mol. The summed E-state index contributed by atoms with van der Waals surface area (Å²) in [5.41, 5.74) is 1.43. The second kappa shape index (κ2) is 7.21.